The number of aromatic nitrogens is 4. The number of hydrogen-bond donors (Lipinski definition) is 3. The molecule has 0 saturated carbocycles. The Balaban J connectivity index is 2.05. The van der Waals surface area contributed by atoms with Crippen LogP contribution in [0.1, 0.15) is 19.6 Å². The van der Waals surface area contributed by atoms with E-state index in [0.717, 1.165) is 0 Å². The van der Waals surface area contributed by atoms with E-state index in [1.165, 1.54) is 17.2 Å². The molecule has 0 aromatic carbocycles. The summed E-state index contributed by atoms with van der Waals surface area (Å²) in [4.78, 5) is 28.7. The molecule has 10 nitrogen and oxygen atoms in total. The molecule has 24 heavy (non-hydrogen) atoms. The fraction of sp³-hybridized carbons (Fsp3) is 0.571. The molecule has 0 radical (unpaired) electrons. The molecule has 2 aromatic heterocycles. The first-order chi connectivity index (χ1) is 11.4. The number of rotatable bonds is 4. The number of nitrogens with one attached hydrogen (secondary N) is 1. The van der Waals surface area contributed by atoms with Gasteiger partial charge in [-0.3, -0.25) is 14.3 Å². The molecule has 1 aliphatic heterocycles. The lowest BCUT2D eigenvalue weighted by molar-refractivity contribution is -0.0355. The van der Waals surface area contributed by atoms with E-state index in [9.17, 15) is 15.0 Å². The van der Waals surface area contributed by atoms with Gasteiger partial charge in [-0.25, -0.2) is 9.98 Å². The summed E-state index contributed by atoms with van der Waals surface area (Å²) < 4.78 is 7.14. The van der Waals surface area contributed by atoms with Crippen LogP contribution < -0.4 is 5.56 Å². The standard InChI is InChI=1S/C14H20N6O4/c1-4-7-9(21)10(22)13(24-7)20-6-15-8-11(20)17-14(18-12(8)23)16-5-19(2)3/h5-7,9-10,13,21-22H,4H2,1-3H3,(H,17,18,23)/t7-,9+,10?,13-/m1/s1. The van der Waals surface area contributed by atoms with E-state index in [2.05, 4.69) is 19.9 Å². The molecule has 3 rings (SSSR count). The average molecular weight is 336 g/mol. The van der Waals surface area contributed by atoms with Gasteiger partial charge in [-0.05, 0) is 6.42 Å². The molecule has 0 bridgehead atoms. The van der Waals surface area contributed by atoms with E-state index in [1.54, 1.807) is 19.0 Å². The van der Waals surface area contributed by atoms with Crippen molar-refractivity contribution in [1.29, 1.82) is 0 Å². The van der Waals surface area contributed by atoms with Crippen LogP contribution in [0.25, 0.3) is 11.2 Å². The highest BCUT2D eigenvalue weighted by atomic mass is 16.6. The first kappa shape index (κ1) is 16.6. The van der Waals surface area contributed by atoms with E-state index >= 15 is 0 Å². The van der Waals surface area contributed by atoms with Crippen LogP contribution in [0.3, 0.4) is 0 Å². The Bertz CT molecular complexity index is 813. The van der Waals surface area contributed by atoms with Crippen molar-refractivity contribution in [3.05, 3.63) is 16.7 Å². The predicted octanol–water partition coefficient (Wildman–Crippen LogP) is -0.630. The Morgan fingerprint density at radius 1 is 1.46 bits per heavy atom. The Labute approximate surface area is 137 Å². The number of aromatic amines is 1. The summed E-state index contributed by atoms with van der Waals surface area (Å²) in [6, 6.07) is 0. The quantitative estimate of drug-likeness (QED) is 0.501. The first-order valence-electron chi connectivity index (χ1n) is 7.61. The number of hydrogen-bond acceptors (Lipinski definition) is 7. The highest BCUT2D eigenvalue weighted by Gasteiger charge is 2.43. The van der Waals surface area contributed by atoms with Gasteiger partial charge in [-0.15, -0.1) is 0 Å². The van der Waals surface area contributed by atoms with Gasteiger partial charge in [0.05, 0.1) is 18.8 Å². The van der Waals surface area contributed by atoms with Gasteiger partial charge in [0.2, 0.25) is 5.95 Å². The van der Waals surface area contributed by atoms with Crippen molar-refractivity contribution >= 4 is 23.5 Å². The zero-order valence-electron chi connectivity index (χ0n) is 13.6. The van der Waals surface area contributed by atoms with Crippen molar-refractivity contribution in [2.75, 3.05) is 14.1 Å². The molecule has 0 aliphatic carbocycles. The minimum absolute atomic E-state index is 0.114. The molecule has 3 N–H and O–H groups in total. The second-order valence-corrected chi connectivity index (χ2v) is 5.88. The Hall–Kier alpha value is -2.30. The van der Waals surface area contributed by atoms with Gasteiger partial charge < -0.3 is 19.8 Å². The smallest absolute Gasteiger partial charge is 0.280 e. The molecule has 1 unspecified atom stereocenters. The molecular formula is C14H20N6O4. The molecule has 10 heteroatoms. The highest BCUT2D eigenvalue weighted by molar-refractivity contribution is 5.71. The minimum Gasteiger partial charge on any atom is -0.388 e. The number of aliphatic imine (C=N–C) groups is 1. The molecule has 0 spiro atoms. The lowest BCUT2D eigenvalue weighted by Crippen LogP contribution is -2.31. The predicted molar refractivity (Wildman–Crippen MR) is 86.2 cm³/mol. The number of nitrogens with zero attached hydrogens (tertiary/aromatic N) is 5. The van der Waals surface area contributed by atoms with Gasteiger partial charge in [-0.1, -0.05) is 6.92 Å². The summed E-state index contributed by atoms with van der Waals surface area (Å²) in [6.45, 7) is 1.85. The first-order valence-corrected chi connectivity index (χ1v) is 7.61. The minimum atomic E-state index is -1.14. The number of H-pyrrole nitrogens is 1. The van der Waals surface area contributed by atoms with Crippen LogP contribution in [0.15, 0.2) is 16.1 Å². The Morgan fingerprint density at radius 3 is 2.83 bits per heavy atom. The van der Waals surface area contributed by atoms with Crippen LogP contribution in [0, 0.1) is 0 Å². The van der Waals surface area contributed by atoms with Crippen molar-refractivity contribution in [3.63, 3.8) is 0 Å². The maximum Gasteiger partial charge on any atom is 0.280 e. The van der Waals surface area contributed by atoms with E-state index in [0.29, 0.717) is 6.42 Å². The van der Waals surface area contributed by atoms with Crippen LogP contribution in [0.5, 0.6) is 0 Å². The third-order valence-electron chi connectivity index (χ3n) is 3.84. The topological polar surface area (TPSA) is 129 Å². The summed E-state index contributed by atoms with van der Waals surface area (Å²) in [6.07, 6.45) is -0.0834. The summed E-state index contributed by atoms with van der Waals surface area (Å²) in [5.74, 6) is 0.114. The number of imidazole rings is 1. The second-order valence-electron chi connectivity index (χ2n) is 5.88. The molecule has 130 valence electrons. The lowest BCUT2D eigenvalue weighted by atomic mass is 10.1. The van der Waals surface area contributed by atoms with E-state index < -0.39 is 30.1 Å². The fourth-order valence-electron chi connectivity index (χ4n) is 2.63. The van der Waals surface area contributed by atoms with Crippen molar-refractivity contribution in [1.82, 2.24) is 24.4 Å². The van der Waals surface area contributed by atoms with Crippen LogP contribution >= 0.6 is 0 Å². The van der Waals surface area contributed by atoms with Gasteiger partial charge >= 0.3 is 0 Å². The molecule has 1 aliphatic rings. The Kier molecular flexibility index (Phi) is 4.35. The zero-order chi connectivity index (χ0) is 17.4. The summed E-state index contributed by atoms with van der Waals surface area (Å²) in [5, 5.41) is 20.3. The van der Waals surface area contributed by atoms with Crippen molar-refractivity contribution in [2.24, 2.45) is 4.99 Å². The van der Waals surface area contributed by atoms with Crippen LogP contribution in [0.4, 0.5) is 5.95 Å². The van der Waals surface area contributed by atoms with Gasteiger partial charge in [0.15, 0.2) is 17.4 Å². The largest absolute Gasteiger partial charge is 0.388 e. The van der Waals surface area contributed by atoms with Crippen LogP contribution in [-0.2, 0) is 4.74 Å². The SMILES string of the molecule is CC[C@H]1O[C@@H](n2cnc3c(=O)[nH]c(N=CN(C)C)nc32)C(O)[C@H]1O. The number of fused-ring (bicyclic) bond motifs is 1. The second kappa shape index (κ2) is 6.30. The molecule has 1 fully saturated rings. The lowest BCUT2D eigenvalue weighted by Gasteiger charge is -2.16. The van der Waals surface area contributed by atoms with E-state index in [-0.39, 0.29) is 17.1 Å². The molecule has 2 aromatic rings. The van der Waals surface area contributed by atoms with E-state index in [4.69, 9.17) is 4.74 Å². The maximum absolute atomic E-state index is 12.1. The Morgan fingerprint density at radius 2 is 2.21 bits per heavy atom. The monoisotopic (exact) mass is 336 g/mol. The van der Waals surface area contributed by atoms with Crippen molar-refractivity contribution in [2.45, 2.75) is 37.9 Å². The zero-order valence-corrected chi connectivity index (χ0v) is 13.6. The molecule has 1 saturated heterocycles. The highest BCUT2D eigenvalue weighted by Crippen LogP contribution is 2.32. The van der Waals surface area contributed by atoms with Crippen molar-refractivity contribution in [3.8, 4) is 0 Å². The number of aliphatic hydroxyl groups is 2. The van der Waals surface area contributed by atoms with Gasteiger partial charge in [0.25, 0.3) is 5.56 Å². The number of ether oxygens (including phenoxy) is 1. The summed E-state index contributed by atoms with van der Waals surface area (Å²) >= 11 is 0. The molecule has 4 atom stereocenters. The number of aliphatic hydroxyl groups excluding tert-OH is 2. The summed E-state index contributed by atoms with van der Waals surface area (Å²) in [5.41, 5.74) is -0.0913. The van der Waals surface area contributed by atoms with Gasteiger partial charge in [0, 0.05) is 14.1 Å². The molecular weight excluding hydrogens is 316 g/mol. The van der Waals surface area contributed by atoms with Crippen LogP contribution in [0.2, 0.25) is 0 Å². The molecule has 0 amide bonds. The van der Waals surface area contributed by atoms with Gasteiger partial charge in [-0.2, -0.15) is 4.98 Å². The van der Waals surface area contributed by atoms with E-state index in [1.807, 2.05) is 6.92 Å². The average Bonchev–Trinajstić information content (AvgIpc) is 3.08. The van der Waals surface area contributed by atoms with Crippen LogP contribution in [-0.4, -0.2) is 73.4 Å². The summed E-state index contributed by atoms with van der Waals surface area (Å²) in [7, 11) is 3.58. The third kappa shape index (κ3) is 2.79. The fourth-order valence-corrected chi connectivity index (χ4v) is 2.63. The normalized spacial score (nSPS) is 27.4. The maximum atomic E-state index is 12.1. The van der Waals surface area contributed by atoms with Crippen molar-refractivity contribution < 1.29 is 14.9 Å². The third-order valence-corrected chi connectivity index (χ3v) is 3.84. The molecule has 3 heterocycles. The van der Waals surface area contributed by atoms with Gasteiger partial charge in [0.1, 0.15) is 12.2 Å².